The van der Waals surface area contributed by atoms with Crippen LogP contribution in [0.3, 0.4) is 0 Å². The van der Waals surface area contributed by atoms with Gasteiger partial charge in [0.2, 0.25) is 0 Å². The molecule has 1 atom stereocenters. The summed E-state index contributed by atoms with van der Waals surface area (Å²) in [5.41, 5.74) is 5.62. The third-order valence-electron chi connectivity index (χ3n) is 4.46. The van der Waals surface area contributed by atoms with Gasteiger partial charge >= 0.3 is 0 Å². The molecule has 0 bridgehead atoms. The first-order valence-corrected chi connectivity index (χ1v) is 8.26. The van der Waals surface area contributed by atoms with E-state index < -0.39 is 0 Å². The Balaban J connectivity index is 2.03. The lowest BCUT2D eigenvalue weighted by Crippen LogP contribution is -2.19. The van der Waals surface area contributed by atoms with E-state index in [4.69, 9.17) is 0 Å². The largest absolute Gasteiger partial charge is 0.293 e. The first-order chi connectivity index (χ1) is 10.1. The van der Waals surface area contributed by atoms with Crippen LogP contribution in [0, 0.1) is 13.8 Å². The molecule has 3 rings (SSSR count). The van der Waals surface area contributed by atoms with Crippen LogP contribution in [-0.2, 0) is 6.42 Å². The molecule has 0 aromatic heterocycles. The van der Waals surface area contributed by atoms with Crippen LogP contribution in [0.5, 0.6) is 0 Å². The molecule has 0 spiro atoms. The number of halogens is 1. The van der Waals surface area contributed by atoms with Crippen molar-refractivity contribution in [1.82, 2.24) is 0 Å². The summed E-state index contributed by atoms with van der Waals surface area (Å²) in [6.07, 6.45) is 3.16. The Labute approximate surface area is 134 Å². The summed E-state index contributed by atoms with van der Waals surface area (Å²) in [6, 6.07) is 12.5. The molecule has 1 unspecified atom stereocenters. The average molecular weight is 343 g/mol. The fourth-order valence-electron chi connectivity index (χ4n) is 3.26. The molecule has 2 aromatic carbocycles. The van der Waals surface area contributed by atoms with E-state index in [0.717, 1.165) is 40.4 Å². The quantitative estimate of drug-likeness (QED) is 0.670. The van der Waals surface area contributed by atoms with Gasteiger partial charge in [0.15, 0.2) is 5.78 Å². The van der Waals surface area contributed by atoms with E-state index in [1.165, 1.54) is 11.1 Å². The number of rotatable bonds is 2. The molecule has 0 radical (unpaired) electrons. The second-order valence-corrected chi connectivity index (χ2v) is 6.78. The zero-order chi connectivity index (χ0) is 15.0. The molecule has 2 heteroatoms. The van der Waals surface area contributed by atoms with Gasteiger partial charge in [-0.15, -0.1) is 0 Å². The number of benzene rings is 2. The Bertz CT molecular complexity index is 703. The molecule has 21 heavy (non-hydrogen) atoms. The molecule has 0 saturated heterocycles. The van der Waals surface area contributed by atoms with Crippen molar-refractivity contribution in [3.05, 3.63) is 68.7 Å². The van der Waals surface area contributed by atoms with Gasteiger partial charge in [0, 0.05) is 16.0 Å². The molecular formula is C19H19BrO. The molecule has 0 saturated carbocycles. The number of fused-ring (bicyclic) bond motifs is 1. The fraction of sp³-hybridized carbons (Fsp3) is 0.316. The van der Waals surface area contributed by atoms with Crippen molar-refractivity contribution < 1.29 is 4.79 Å². The molecule has 0 heterocycles. The van der Waals surface area contributed by atoms with Crippen LogP contribution in [0.2, 0.25) is 0 Å². The van der Waals surface area contributed by atoms with Gasteiger partial charge in [-0.05, 0) is 67.5 Å². The Morgan fingerprint density at radius 2 is 1.90 bits per heavy atom. The van der Waals surface area contributed by atoms with Crippen LogP contribution >= 0.6 is 15.9 Å². The van der Waals surface area contributed by atoms with Crippen LogP contribution in [0.1, 0.15) is 51.4 Å². The Kier molecular flexibility index (Phi) is 3.99. The second-order valence-electron chi connectivity index (χ2n) is 5.92. The van der Waals surface area contributed by atoms with Crippen molar-refractivity contribution in [3.8, 4) is 0 Å². The lowest BCUT2D eigenvalue weighted by Gasteiger charge is -2.25. The third kappa shape index (κ3) is 2.69. The number of Topliss-reactive ketones (excluding diaryl/α,β-unsaturated/α-hetero) is 1. The topological polar surface area (TPSA) is 17.1 Å². The minimum absolute atomic E-state index is 0.0224. The van der Waals surface area contributed by atoms with Crippen molar-refractivity contribution in [3.63, 3.8) is 0 Å². The van der Waals surface area contributed by atoms with Crippen molar-refractivity contribution in [2.45, 2.75) is 39.0 Å². The highest BCUT2D eigenvalue weighted by atomic mass is 79.9. The Hall–Kier alpha value is -1.41. The summed E-state index contributed by atoms with van der Waals surface area (Å²) >= 11 is 3.54. The number of hydrogen-bond acceptors (Lipinski definition) is 1. The van der Waals surface area contributed by atoms with E-state index in [9.17, 15) is 4.79 Å². The van der Waals surface area contributed by atoms with E-state index in [0.29, 0.717) is 0 Å². The maximum absolute atomic E-state index is 13.0. The molecule has 0 aliphatic heterocycles. The van der Waals surface area contributed by atoms with E-state index in [1.807, 2.05) is 26.0 Å². The molecule has 0 amide bonds. The summed E-state index contributed by atoms with van der Waals surface area (Å²) < 4.78 is 1.07. The predicted octanol–water partition coefficient (Wildman–Crippen LogP) is 5.37. The highest BCUT2D eigenvalue weighted by molar-refractivity contribution is 9.10. The van der Waals surface area contributed by atoms with Crippen LogP contribution in [0.4, 0.5) is 0 Å². The SMILES string of the molecule is Cc1cc(C(=O)C2CCCc3ccccc32)c(C)cc1Br. The van der Waals surface area contributed by atoms with Crippen LogP contribution in [-0.4, -0.2) is 5.78 Å². The van der Waals surface area contributed by atoms with Gasteiger partial charge in [-0.1, -0.05) is 40.2 Å². The van der Waals surface area contributed by atoms with Crippen molar-refractivity contribution in [1.29, 1.82) is 0 Å². The van der Waals surface area contributed by atoms with Crippen LogP contribution in [0.15, 0.2) is 40.9 Å². The second kappa shape index (κ2) is 5.76. The van der Waals surface area contributed by atoms with Crippen LogP contribution < -0.4 is 0 Å². The summed E-state index contributed by atoms with van der Waals surface area (Å²) in [7, 11) is 0. The minimum Gasteiger partial charge on any atom is -0.293 e. The number of carbonyl (C=O) groups excluding carboxylic acids is 1. The number of carbonyl (C=O) groups is 1. The lowest BCUT2D eigenvalue weighted by molar-refractivity contribution is 0.0950. The van der Waals surface area contributed by atoms with Crippen molar-refractivity contribution in [2.24, 2.45) is 0 Å². The van der Waals surface area contributed by atoms with Gasteiger partial charge in [-0.3, -0.25) is 4.79 Å². The smallest absolute Gasteiger partial charge is 0.170 e. The summed E-state index contributed by atoms with van der Waals surface area (Å²) in [5, 5.41) is 0. The molecule has 1 aliphatic carbocycles. The monoisotopic (exact) mass is 342 g/mol. The Morgan fingerprint density at radius 3 is 2.71 bits per heavy atom. The number of aryl methyl sites for hydroxylation is 3. The summed E-state index contributed by atoms with van der Waals surface area (Å²) in [4.78, 5) is 13.0. The minimum atomic E-state index is 0.0224. The molecule has 1 aliphatic rings. The van der Waals surface area contributed by atoms with Gasteiger partial charge < -0.3 is 0 Å². The molecule has 1 nitrogen and oxygen atoms in total. The standard InChI is InChI=1S/C19H19BrO/c1-12-11-18(20)13(2)10-17(12)19(21)16-9-5-7-14-6-3-4-8-15(14)16/h3-4,6,8,10-11,16H,5,7,9H2,1-2H3. The summed E-state index contributed by atoms with van der Waals surface area (Å²) in [5.74, 6) is 0.296. The molecule has 108 valence electrons. The normalized spacial score (nSPS) is 17.4. The van der Waals surface area contributed by atoms with Gasteiger partial charge in [-0.2, -0.15) is 0 Å². The first-order valence-electron chi connectivity index (χ1n) is 7.46. The van der Waals surface area contributed by atoms with E-state index in [2.05, 4.69) is 40.2 Å². The molecule has 0 fully saturated rings. The Morgan fingerprint density at radius 1 is 1.14 bits per heavy atom. The molecular weight excluding hydrogens is 324 g/mol. The zero-order valence-electron chi connectivity index (χ0n) is 12.4. The fourth-order valence-corrected chi connectivity index (χ4v) is 3.72. The van der Waals surface area contributed by atoms with E-state index >= 15 is 0 Å². The number of hydrogen-bond donors (Lipinski definition) is 0. The average Bonchev–Trinajstić information content (AvgIpc) is 2.49. The molecule has 0 N–H and O–H groups in total. The maximum Gasteiger partial charge on any atom is 0.170 e. The van der Waals surface area contributed by atoms with Gasteiger partial charge in [0.05, 0.1) is 0 Å². The zero-order valence-corrected chi connectivity index (χ0v) is 14.0. The third-order valence-corrected chi connectivity index (χ3v) is 5.31. The van der Waals surface area contributed by atoms with E-state index in [-0.39, 0.29) is 11.7 Å². The van der Waals surface area contributed by atoms with Crippen molar-refractivity contribution in [2.75, 3.05) is 0 Å². The van der Waals surface area contributed by atoms with Gasteiger partial charge in [0.1, 0.15) is 0 Å². The highest BCUT2D eigenvalue weighted by Gasteiger charge is 2.28. The first kappa shape index (κ1) is 14.5. The maximum atomic E-state index is 13.0. The lowest BCUT2D eigenvalue weighted by atomic mass is 9.78. The van der Waals surface area contributed by atoms with Crippen LogP contribution in [0.25, 0.3) is 0 Å². The predicted molar refractivity (Wildman–Crippen MR) is 90.1 cm³/mol. The van der Waals surface area contributed by atoms with E-state index in [1.54, 1.807) is 0 Å². The van der Waals surface area contributed by atoms with Gasteiger partial charge in [0.25, 0.3) is 0 Å². The molecule has 2 aromatic rings. The van der Waals surface area contributed by atoms with Crippen molar-refractivity contribution >= 4 is 21.7 Å². The highest BCUT2D eigenvalue weighted by Crippen LogP contribution is 2.35. The number of ketones is 1. The summed E-state index contributed by atoms with van der Waals surface area (Å²) in [6.45, 7) is 4.06. The van der Waals surface area contributed by atoms with Gasteiger partial charge in [-0.25, -0.2) is 0 Å².